The maximum Gasteiger partial charge on any atom is 0.104 e. The number of aromatic nitrogens is 1. The van der Waals surface area contributed by atoms with Gasteiger partial charge in [0.25, 0.3) is 0 Å². The van der Waals surface area contributed by atoms with Crippen molar-refractivity contribution in [3.05, 3.63) is 64.4 Å². The third-order valence-corrected chi connectivity index (χ3v) is 2.94. The minimum absolute atomic E-state index is 0.652. The Bertz CT molecular complexity index is 485. The first-order valence-electron chi connectivity index (χ1n) is 5.02. The SMILES string of the molecule is Cc1ccc(C(O)c2ccncc2)cc1Cl. The zero-order chi connectivity index (χ0) is 11.5. The number of pyridine rings is 1. The lowest BCUT2D eigenvalue weighted by Crippen LogP contribution is -1.99. The number of aryl methyl sites for hydroxylation is 1. The number of nitrogens with zero attached hydrogens (tertiary/aromatic N) is 1. The highest BCUT2D eigenvalue weighted by Gasteiger charge is 2.10. The van der Waals surface area contributed by atoms with Gasteiger partial charge in [-0.15, -0.1) is 0 Å². The second kappa shape index (κ2) is 4.64. The fourth-order valence-electron chi connectivity index (χ4n) is 1.52. The van der Waals surface area contributed by atoms with E-state index < -0.39 is 6.10 Å². The Hall–Kier alpha value is -1.38. The summed E-state index contributed by atoms with van der Waals surface area (Å²) in [6, 6.07) is 9.16. The average Bonchev–Trinajstić information content (AvgIpc) is 2.33. The Labute approximate surface area is 99.5 Å². The number of benzene rings is 1. The monoisotopic (exact) mass is 233 g/mol. The summed E-state index contributed by atoms with van der Waals surface area (Å²) in [5, 5.41) is 10.8. The second-order valence-electron chi connectivity index (χ2n) is 3.69. The molecule has 1 aromatic carbocycles. The molecule has 0 bridgehead atoms. The summed E-state index contributed by atoms with van der Waals surface area (Å²) in [6.07, 6.45) is 2.67. The van der Waals surface area contributed by atoms with Gasteiger partial charge in [-0.25, -0.2) is 0 Å². The summed E-state index contributed by atoms with van der Waals surface area (Å²) < 4.78 is 0. The third-order valence-electron chi connectivity index (χ3n) is 2.53. The van der Waals surface area contributed by atoms with E-state index in [0.29, 0.717) is 5.02 Å². The van der Waals surface area contributed by atoms with Crippen molar-refractivity contribution in [3.63, 3.8) is 0 Å². The van der Waals surface area contributed by atoms with Crippen molar-refractivity contribution >= 4 is 11.6 Å². The van der Waals surface area contributed by atoms with Crippen LogP contribution in [-0.4, -0.2) is 10.1 Å². The zero-order valence-corrected chi connectivity index (χ0v) is 9.65. The molecule has 2 nitrogen and oxygen atoms in total. The second-order valence-corrected chi connectivity index (χ2v) is 4.10. The standard InChI is InChI=1S/C13H12ClNO/c1-9-2-3-11(8-12(9)14)13(16)10-4-6-15-7-5-10/h2-8,13,16H,1H3. The maximum absolute atomic E-state index is 10.1. The van der Waals surface area contributed by atoms with Gasteiger partial charge in [0.2, 0.25) is 0 Å². The molecule has 16 heavy (non-hydrogen) atoms. The summed E-state index contributed by atoms with van der Waals surface area (Å²) in [5.41, 5.74) is 2.61. The van der Waals surface area contributed by atoms with E-state index in [0.717, 1.165) is 16.7 Å². The molecule has 3 heteroatoms. The molecule has 82 valence electrons. The van der Waals surface area contributed by atoms with Crippen LogP contribution in [0.3, 0.4) is 0 Å². The average molecular weight is 234 g/mol. The van der Waals surface area contributed by atoms with Gasteiger partial charge >= 0.3 is 0 Å². The van der Waals surface area contributed by atoms with Crippen LogP contribution in [0, 0.1) is 6.92 Å². The fourth-order valence-corrected chi connectivity index (χ4v) is 1.71. The largest absolute Gasteiger partial charge is 0.384 e. The molecule has 0 aliphatic heterocycles. The van der Waals surface area contributed by atoms with Crippen molar-refractivity contribution in [1.82, 2.24) is 4.98 Å². The Balaban J connectivity index is 2.34. The summed E-state index contributed by atoms with van der Waals surface area (Å²) in [6.45, 7) is 1.94. The molecule has 0 aliphatic rings. The van der Waals surface area contributed by atoms with Crippen LogP contribution in [-0.2, 0) is 0 Å². The molecule has 2 aromatic rings. The minimum atomic E-state index is -0.652. The summed E-state index contributed by atoms with van der Waals surface area (Å²) >= 11 is 6.02. The Kier molecular flexibility index (Phi) is 3.22. The highest BCUT2D eigenvalue weighted by atomic mass is 35.5. The Morgan fingerprint density at radius 2 is 1.81 bits per heavy atom. The van der Waals surface area contributed by atoms with Crippen LogP contribution in [0.5, 0.6) is 0 Å². The van der Waals surface area contributed by atoms with E-state index in [-0.39, 0.29) is 0 Å². The van der Waals surface area contributed by atoms with E-state index in [1.165, 1.54) is 0 Å². The Morgan fingerprint density at radius 3 is 2.44 bits per heavy atom. The number of aliphatic hydroxyl groups is 1. The summed E-state index contributed by atoms with van der Waals surface area (Å²) in [5.74, 6) is 0. The lowest BCUT2D eigenvalue weighted by Gasteiger charge is -2.12. The molecule has 1 atom stereocenters. The van der Waals surface area contributed by atoms with E-state index in [9.17, 15) is 5.11 Å². The third kappa shape index (κ3) is 2.23. The highest BCUT2D eigenvalue weighted by Crippen LogP contribution is 2.25. The molecule has 1 unspecified atom stereocenters. The van der Waals surface area contributed by atoms with Crippen molar-refractivity contribution < 1.29 is 5.11 Å². The number of hydrogen-bond acceptors (Lipinski definition) is 2. The van der Waals surface area contributed by atoms with Crippen molar-refractivity contribution in [1.29, 1.82) is 0 Å². The fraction of sp³-hybridized carbons (Fsp3) is 0.154. The van der Waals surface area contributed by atoms with Crippen LogP contribution in [0.15, 0.2) is 42.7 Å². The quantitative estimate of drug-likeness (QED) is 0.865. The van der Waals surface area contributed by atoms with Crippen molar-refractivity contribution in [2.75, 3.05) is 0 Å². The molecule has 0 radical (unpaired) electrons. The van der Waals surface area contributed by atoms with Gasteiger partial charge in [0.15, 0.2) is 0 Å². The van der Waals surface area contributed by atoms with Gasteiger partial charge in [-0.1, -0.05) is 23.7 Å². The topological polar surface area (TPSA) is 33.1 Å². The van der Waals surface area contributed by atoms with Crippen LogP contribution in [0.25, 0.3) is 0 Å². The lowest BCUT2D eigenvalue weighted by atomic mass is 10.0. The van der Waals surface area contributed by atoms with Gasteiger partial charge in [0.05, 0.1) is 0 Å². The molecule has 0 fully saturated rings. The molecule has 0 saturated carbocycles. The number of rotatable bonds is 2. The number of halogens is 1. The van der Waals surface area contributed by atoms with Crippen LogP contribution >= 0.6 is 11.6 Å². The van der Waals surface area contributed by atoms with Gasteiger partial charge in [-0.2, -0.15) is 0 Å². The van der Waals surface area contributed by atoms with Gasteiger partial charge in [0, 0.05) is 17.4 Å². The van der Waals surface area contributed by atoms with E-state index in [4.69, 9.17) is 11.6 Å². The van der Waals surface area contributed by atoms with Crippen molar-refractivity contribution in [3.8, 4) is 0 Å². The van der Waals surface area contributed by atoms with E-state index in [1.807, 2.05) is 19.1 Å². The molecule has 0 saturated heterocycles. The lowest BCUT2D eigenvalue weighted by molar-refractivity contribution is 0.220. The van der Waals surface area contributed by atoms with E-state index in [1.54, 1.807) is 30.6 Å². The van der Waals surface area contributed by atoms with E-state index >= 15 is 0 Å². The molecular formula is C13H12ClNO. The summed E-state index contributed by atoms with van der Waals surface area (Å²) in [7, 11) is 0. The number of aliphatic hydroxyl groups excluding tert-OH is 1. The van der Waals surface area contributed by atoms with Gasteiger partial charge in [-0.05, 0) is 41.8 Å². The predicted molar refractivity (Wildman–Crippen MR) is 64.5 cm³/mol. The zero-order valence-electron chi connectivity index (χ0n) is 8.89. The molecule has 2 rings (SSSR count). The molecular weight excluding hydrogens is 222 g/mol. The maximum atomic E-state index is 10.1. The van der Waals surface area contributed by atoms with Crippen molar-refractivity contribution in [2.24, 2.45) is 0 Å². The smallest absolute Gasteiger partial charge is 0.104 e. The molecule has 1 aromatic heterocycles. The van der Waals surface area contributed by atoms with Crippen LogP contribution in [0.2, 0.25) is 5.02 Å². The Morgan fingerprint density at radius 1 is 1.12 bits per heavy atom. The highest BCUT2D eigenvalue weighted by molar-refractivity contribution is 6.31. The molecule has 0 amide bonds. The first-order chi connectivity index (χ1) is 7.68. The molecule has 0 spiro atoms. The van der Waals surface area contributed by atoms with Crippen LogP contribution < -0.4 is 0 Å². The molecule has 0 aliphatic carbocycles. The van der Waals surface area contributed by atoms with Crippen molar-refractivity contribution in [2.45, 2.75) is 13.0 Å². The van der Waals surface area contributed by atoms with Gasteiger partial charge in [0.1, 0.15) is 6.10 Å². The predicted octanol–water partition coefficient (Wildman–Crippen LogP) is 3.13. The normalized spacial score (nSPS) is 12.4. The number of hydrogen-bond donors (Lipinski definition) is 1. The van der Waals surface area contributed by atoms with Gasteiger partial charge in [-0.3, -0.25) is 4.98 Å². The van der Waals surface area contributed by atoms with Crippen LogP contribution in [0.1, 0.15) is 22.8 Å². The summed E-state index contributed by atoms with van der Waals surface area (Å²) in [4.78, 5) is 3.92. The van der Waals surface area contributed by atoms with Crippen LogP contribution in [0.4, 0.5) is 0 Å². The van der Waals surface area contributed by atoms with E-state index in [2.05, 4.69) is 4.98 Å². The minimum Gasteiger partial charge on any atom is -0.384 e. The van der Waals surface area contributed by atoms with Gasteiger partial charge < -0.3 is 5.11 Å². The first kappa shape index (κ1) is 11.1. The first-order valence-corrected chi connectivity index (χ1v) is 5.40. The molecule has 1 heterocycles. The molecule has 1 N–H and O–H groups in total.